The van der Waals surface area contributed by atoms with Crippen LogP contribution in [0.3, 0.4) is 0 Å². The first kappa shape index (κ1) is 10.8. The Morgan fingerprint density at radius 1 is 1.41 bits per heavy atom. The highest BCUT2D eigenvalue weighted by atomic mass is 16.1. The highest BCUT2D eigenvalue weighted by molar-refractivity contribution is 5.38. The van der Waals surface area contributed by atoms with Gasteiger partial charge in [-0.05, 0) is 38.5 Å². The Morgan fingerprint density at radius 3 is 2.76 bits per heavy atom. The van der Waals surface area contributed by atoms with Crippen molar-refractivity contribution < 1.29 is 0 Å². The lowest BCUT2D eigenvalue weighted by atomic mass is 10.3. The first-order valence-electron chi connectivity index (χ1n) is 6.62. The molecule has 1 N–H and O–H groups in total. The first-order valence-corrected chi connectivity index (χ1v) is 6.62. The first-order chi connectivity index (χ1) is 8.26. The van der Waals surface area contributed by atoms with Crippen LogP contribution in [-0.4, -0.2) is 23.1 Å². The van der Waals surface area contributed by atoms with Crippen molar-refractivity contribution in [3.63, 3.8) is 0 Å². The van der Waals surface area contributed by atoms with E-state index in [0.717, 1.165) is 30.6 Å². The molecule has 0 saturated heterocycles. The van der Waals surface area contributed by atoms with Crippen LogP contribution in [0.15, 0.2) is 10.9 Å². The summed E-state index contributed by atoms with van der Waals surface area (Å²) in [6, 6.07) is 1.64. The van der Waals surface area contributed by atoms with Gasteiger partial charge >= 0.3 is 0 Å². The van der Waals surface area contributed by atoms with E-state index in [1.54, 1.807) is 6.07 Å². The smallest absolute Gasteiger partial charge is 0.252 e. The van der Waals surface area contributed by atoms with Gasteiger partial charge in [0.25, 0.3) is 5.56 Å². The van der Waals surface area contributed by atoms with Gasteiger partial charge in [0.05, 0.1) is 0 Å². The van der Waals surface area contributed by atoms with Crippen molar-refractivity contribution in [1.29, 1.82) is 0 Å². The van der Waals surface area contributed by atoms with E-state index in [-0.39, 0.29) is 5.56 Å². The standard InChI is InChI=1S/C13H19N3O/c1-2-16(8-9-3-4-9)11-7-12(17)15-13(14-11)10-5-6-10/h7,9-10H,2-6,8H2,1H3,(H,14,15,17). The molecule has 2 fully saturated rings. The van der Waals surface area contributed by atoms with Gasteiger partial charge in [-0.15, -0.1) is 0 Å². The molecule has 4 heteroatoms. The minimum absolute atomic E-state index is 0.00820. The Labute approximate surface area is 101 Å². The number of H-pyrrole nitrogens is 1. The summed E-state index contributed by atoms with van der Waals surface area (Å²) in [6.07, 6.45) is 4.99. The normalized spacial score (nSPS) is 19.4. The lowest BCUT2D eigenvalue weighted by molar-refractivity contribution is 0.723. The molecule has 1 aromatic heterocycles. The molecule has 0 radical (unpaired) electrons. The number of nitrogens with zero attached hydrogens (tertiary/aromatic N) is 2. The topological polar surface area (TPSA) is 49.0 Å². The summed E-state index contributed by atoms with van der Waals surface area (Å²) < 4.78 is 0. The molecule has 3 rings (SSSR count). The van der Waals surface area contributed by atoms with Crippen molar-refractivity contribution in [2.45, 2.75) is 38.5 Å². The van der Waals surface area contributed by atoms with Gasteiger partial charge in [0.15, 0.2) is 0 Å². The quantitative estimate of drug-likeness (QED) is 0.844. The number of nitrogens with one attached hydrogen (secondary N) is 1. The van der Waals surface area contributed by atoms with E-state index in [2.05, 4.69) is 21.8 Å². The summed E-state index contributed by atoms with van der Waals surface area (Å²) >= 11 is 0. The second kappa shape index (κ2) is 4.17. The Hall–Kier alpha value is -1.32. The Morgan fingerprint density at radius 2 is 2.18 bits per heavy atom. The van der Waals surface area contributed by atoms with Gasteiger partial charge in [-0.1, -0.05) is 0 Å². The van der Waals surface area contributed by atoms with E-state index in [1.165, 1.54) is 25.7 Å². The molecule has 17 heavy (non-hydrogen) atoms. The molecule has 0 bridgehead atoms. The molecule has 2 aliphatic rings. The maximum absolute atomic E-state index is 11.6. The highest BCUT2D eigenvalue weighted by Crippen LogP contribution is 2.38. The molecule has 0 aliphatic heterocycles. The fourth-order valence-electron chi connectivity index (χ4n) is 2.17. The van der Waals surface area contributed by atoms with E-state index < -0.39 is 0 Å². The number of aromatic nitrogens is 2. The van der Waals surface area contributed by atoms with E-state index in [4.69, 9.17) is 0 Å². The molecule has 4 nitrogen and oxygen atoms in total. The third kappa shape index (κ3) is 2.51. The lowest BCUT2D eigenvalue weighted by Gasteiger charge is -2.21. The molecule has 92 valence electrons. The van der Waals surface area contributed by atoms with Gasteiger partial charge in [0, 0.05) is 25.1 Å². The maximum Gasteiger partial charge on any atom is 0.252 e. The van der Waals surface area contributed by atoms with Crippen LogP contribution < -0.4 is 10.5 Å². The van der Waals surface area contributed by atoms with Crippen molar-refractivity contribution in [3.05, 3.63) is 22.2 Å². The number of rotatable bonds is 5. The summed E-state index contributed by atoms with van der Waals surface area (Å²) in [4.78, 5) is 21.4. The Bertz CT molecular complexity index is 460. The molecular formula is C13H19N3O. The van der Waals surface area contributed by atoms with Crippen LogP contribution in [0.25, 0.3) is 0 Å². The molecular weight excluding hydrogens is 214 g/mol. The molecule has 0 spiro atoms. The predicted molar refractivity (Wildman–Crippen MR) is 67.4 cm³/mol. The van der Waals surface area contributed by atoms with E-state index in [1.807, 2.05) is 0 Å². The lowest BCUT2D eigenvalue weighted by Crippen LogP contribution is -2.28. The number of anilines is 1. The van der Waals surface area contributed by atoms with Crippen molar-refractivity contribution in [2.24, 2.45) is 5.92 Å². The molecule has 1 heterocycles. The summed E-state index contributed by atoms with van der Waals surface area (Å²) in [5.41, 5.74) is -0.00820. The van der Waals surface area contributed by atoms with Gasteiger partial charge in [-0.2, -0.15) is 0 Å². The van der Waals surface area contributed by atoms with E-state index in [9.17, 15) is 4.79 Å². The molecule has 0 aromatic carbocycles. The Balaban J connectivity index is 1.85. The van der Waals surface area contributed by atoms with Gasteiger partial charge in [-0.25, -0.2) is 4.98 Å². The molecule has 0 unspecified atom stereocenters. The minimum atomic E-state index is -0.00820. The summed E-state index contributed by atoms with van der Waals surface area (Å²) in [5, 5.41) is 0. The van der Waals surface area contributed by atoms with Crippen LogP contribution in [0.5, 0.6) is 0 Å². The van der Waals surface area contributed by atoms with Crippen LogP contribution in [0, 0.1) is 5.92 Å². The molecule has 0 atom stereocenters. The summed E-state index contributed by atoms with van der Waals surface area (Å²) in [5.74, 6) is 3.08. The maximum atomic E-state index is 11.6. The molecule has 2 saturated carbocycles. The number of hydrogen-bond acceptors (Lipinski definition) is 3. The molecule has 0 amide bonds. The third-order valence-electron chi connectivity index (χ3n) is 3.59. The van der Waals surface area contributed by atoms with E-state index in [0.29, 0.717) is 5.92 Å². The number of hydrogen-bond donors (Lipinski definition) is 1. The monoisotopic (exact) mass is 233 g/mol. The molecule has 2 aliphatic carbocycles. The van der Waals surface area contributed by atoms with Crippen molar-refractivity contribution in [3.8, 4) is 0 Å². The second-order valence-electron chi connectivity index (χ2n) is 5.25. The van der Waals surface area contributed by atoms with Crippen molar-refractivity contribution in [2.75, 3.05) is 18.0 Å². The summed E-state index contributed by atoms with van der Waals surface area (Å²) in [7, 11) is 0. The van der Waals surface area contributed by atoms with E-state index >= 15 is 0 Å². The zero-order chi connectivity index (χ0) is 11.8. The van der Waals surface area contributed by atoms with Crippen LogP contribution >= 0.6 is 0 Å². The fraction of sp³-hybridized carbons (Fsp3) is 0.692. The van der Waals surface area contributed by atoms with Gasteiger partial charge < -0.3 is 9.88 Å². The van der Waals surface area contributed by atoms with Crippen LogP contribution in [0.4, 0.5) is 5.82 Å². The van der Waals surface area contributed by atoms with Crippen molar-refractivity contribution in [1.82, 2.24) is 9.97 Å². The second-order valence-corrected chi connectivity index (χ2v) is 5.25. The molecule has 1 aromatic rings. The SMILES string of the molecule is CCN(CC1CC1)c1cc(=O)[nH]c(C2CC2)n1. The largest absolute Gasteiger partial charge is 0.356 e. The zero-order valence-electron chi connectivity index (χ0n) is 10.3. The minimum Gasteiger partial charge on any atom is -0.356 e. The van der Waals surface area contributed by atoms with Crippen molar-refractivity contribution >= 4 is 5.82 Å². The van der Waals surface area contributed by atoms with Gasteiger partial charge in [-0.3, -0.25) is 4.79 Å². The van der Waals surface area contributed by atoms with Gasteiger partial charge in [0.2, 0.25) is 0 Å². The zero-order valence-corrected chi connectivity index (χ0v) is 10.3. The van der Waals surface area contributed by atoms with Gasteiger partial charge in [0.1, 0.15) is 11.6 Å². The van der Waals surface area contributed by atoms with Crippen LogP contribution in [-0.2, 0) is 0 Å². The van der Waals surface area contributed by atoms with Crippen LogP contribution in [0.2, 0.25) is 0 Å². The average Bonchev–Trinajstić information content (AvgIpc) is 3.16. The predicted octanol–water partition coefficient (Wildman–Crippen LogP) is 1.88. The summed E-state index contributed by atoms with van der Waals surface area (Å²) in [6.45, 7) is 4.11. The Kier molecular flexibility index (Phi) is 2.65. The number of aromatic amines is 1. The average molecular weight is 233 g/mol. The third-order valence-corrected chi connectivity index (χ3v) is 3.59. The highest BCUT2D eigenvalue weighted by Gasteiger charge is 2.28. The van der Waals surface area contributed by atoms with Crippen LogP contribution in [0.1, 0.15) is 44.3 Å². The fourth-order valence-corrected chi connectivity index (χ4v) is 2.17.